The zero-order valence-electron chi connectivity index (χ0n) is 17.3. The fourth-order valence-corrected chi connectivity index (χ4v) is 4.27. The molecule has 0 saturated carbocycles. The van der Waals surface area contributed by atoms with Crippen LogP contribution in [0.5, 0.6) is 0 Å². The summed E-state index contributed by atoms with van der Waals surface area (Å²) in [5, 5.41) is 0.0236. The Bertz CT molecular complexity index is 1230. The molecule has 1 aliphatic heterocycles. The highest BCUT2D eigenvalue weighted by Crippen LogP contribution is 2.33. The van der Waals surface area contributed by atoms with E-state index in [9.17, 15) is 18.4 Å². The third-order valence-electron chi connectivity index (χ3n) is 5.48. The van der Waals surface area contributed by atoms with Gasteiger partial charge in [0.05, 0.1) is 51.1 Å². The predicted molar refractivity (Wildman–Crippen MR) is 117 cm³/mol. The van der Waals surface area contributed by atoms with Crippen LogP contribution < -0.4 is 0 Å². The smallest absolute Gasteiger partial charge is 0.272 e. The van der Waals surface area contributed by atoms with E-state index in [0.717, 1.165) is 13.1 Å². The minimum atomic E-state index is -3.07. The predicted octanol–water partition coefficient (Wildman–Crippen LogP) is 4.70. The van der Waals surface area contributed by atoms with E-state index in [-0.39, 0.29) is 38.3 Å². The summed E-state index contributed by atoms with van der Waals surface area (Å²) < 4.78 is 34.2. The molecule has 1 aromatic carbocycles. The average molecular weight is 482 g/mol. The molecule has 0 bridgehead atoms. The van der Waals surface area contributed by atoms with E-state index in [1.807, 2.05) is 0 Å². The lowest BCUT2D eigenvalue weighted by Gasteiger charge is -2.27. The number of amides is 1. The Hall–Kier alpha value is -2.55. The zero-order chi connectivity index (χ0) is 23.2. The van der Waals surface area contributed by atoms with E-state index in [1.54, 1.807) is 11.9 Å². The minimum Gasteiger partial charge on any atom is -0.378 e. The van der Waals surface area contributed by atoms with Crippen molar-refractivity contribution in [2.75, 3.05) is 26.3 Å². The Morgan fingerprint density at radius 2 is 1.84 bits per heavy atom. The van der Waals surface area contributed by atoms with Crippen molar-refractivity contribution in [1.82, 2.24) is 14.5 Å². The van der Waals surface area contributed by atoms with Gasteiger partial charge in [0.15, 0.2) is 0 Å². The highest BCUT2D eigenvalue weighted by molar-refractivity contribution is 6.42. The number of halogens is 4. The summed E-state index contributed by atoms with van der Waals surface area (Å²) >= 11 is 12.8. The normalized spacial score (nSPS) is 14.8. The van der Waals surface area contributed by atoms with E-state index < -0.39 is 11.7 Å². The maximum atomic E-state index is 13.7. The van der Waals surface area contributed by atoms with Gasteiger partial charge in [0.25, 0.3) is 11.8 Å². The molecule has 10 heteroatoms. The molecule has 0 radical (unpaired) electrons. The zero-order valence-corrected chi connectivity index (χ0v) is 18.8. The van der Waals surface area contributed by atoms with Crippen LogP contribution in [0, 0.1) is 0 Å². The van der Waals surface area contributed by atoms with Gasteiger partial charge in [0.1, 0.15) is 0 Å². The summed E-state index contributed by atoms with van der Waals surface area (Å²) in [5.74, 6) is -3.93. The molecule has 2 aromatic heterocycles. The molecule has 4 rings (SSSR count). The van der Waals surface area contributed by atoms with Gasteiger partial charge in [-0.05, 0) is 24.3 Å². The number of aryl methyl sites for hydroxylation is 1. The number of hydrogen-bond donors (Lipinski definition) is 0. The summed E-state index contributed by atoms with van der Waals surface area (Å²) in [4.78, 5) is 32.0. The van der Waals surface area contributed by atoms with Crippen molar-refractivity contribution in [2.45, 2.75) is 12.8 Å². The molecule has 1 aliphatic rings. The quantitative estimate of drug-likeness (QED) is 0.506. The average Bonchev–Trinajstić information content (AvgIpc) is 3.09. The van der Waals surface area contributed by atoms with E-state index in [1.165, 1.54) is 28.8 Å². The van der Waals surface area contributed by atoms with Crippen molar-refractivity contribution < 1.29 is 23.1 Å². The van der Waals surface area contributed by atoms with Crippen LogP contribution in [0.3, 0.4) is 0 Å². The van der Waals surface area contributed by atoms with Crippen molar-refractivity contribution in [2.24, 2.45) is 7.05 Å². The molecule has 1 saturated heterocycles. The fourth-order valence-electron chi connectivity index (χ4n) is 3.65. The highest BCUT2D eigenvalue weighted by Gasteiger charge is 2.29. The SMILES string of the molecule is Cn1c(C(=O)c2c(Cl)ccc(C(=O)N3CCOCC3)c2Cl)cc2ncc(C(C)(F)F)cc21. The second-order valence-electron chi connectivity index (χ2n) is 7.62. The first-order valence-corrected chi connectivity index (χ1v) is 10.6. The lowest BCUT2D eigenvalue weighted by atomic mass is 10.0. The van der Waals surface area contributed by atoms with Gasteiger partial charge in [0, 0.05) is 38.8 Å². The first-order chi connectivity index (χ1) is 15.1. The number of rotatable bonds is 4. The molecule has 32 heavy (non-hydrogen) atoms. The lowest BCUT2D eigenvalue weighted by molar-refractivity contribution is 0.0172. The van der Waals surface area contributed by atoms with Crippen LogP contribution >= 0.6 is 23.2 Å². The van der Waals surface area contributed by atoms with Gasteiger partial charge in [-0.15, -0.1) is 0 Å². The summed E-state index contributed by atoms with van der Waals surface area (Å²) in [6.07, 6.45) is 1.08. The van der Waals surface area contributed by atoms with Crippen LogP contribution in [0.2, 0.25) is 10.0 Å². The Morgan fingerprint density at radius 3 is 2.50 bits per heavy atom. The molecular formula is C22H19Cl2F2N3O3. The molecule has 0 aliphatic carbocycles. The minimum absolute atomic E-state index is 0.0283. The number of morpholine rings is 1. The van der Waals surface area contributed by atoms with Gasteiger partial charge in [-0.1, -0.05) is 23.2 Å². The molecule has 0 atom stereocenters. The van der Waals surface area contributed by atoms with E-state index in [0.29, 0.717) is 37.3 Å². The molecule has 0 spiro atoms. The number of carbonyl (C=O) groups excluding carboxylic acids is 2. The largest absolute Gasteiger partial charge is 0.378 e. The van der Waals surface area contributed by atoms with Crippen molar-refractivity contribution in [3.63, 3.8) is 0 Å². The summed E-state index contributed by atoms with van der Waals surface area (Å²) in [7, 11) is 1.57. The maximum absolute atomic E-state index is 13.7. The second kappa shape index (κ2) is 8.42. The standard InChI is InChI=1S/C22H19Cl2F2N3O3/c1-22(25,26)12-9-16-15(27-11-12)10-17(28(16)2)20(30)18-14(23)4-3-13(19(18)24)21(31)29-5-7-32-8-6-29/h3-4,9-11H,5-8H2,1-2H3. The second-order valence-corrected chi connectivity index (χ2v) is 8.41. The number of hydrogen-bond acceptors (Lipinski definition) is 4. The number of alkyl halides is 2. The van der Waals surface area contributed by atoms with Gasteiger partial charge in [0.2, 0.25) is 5.78 Å². The van der Waals surface area contributed by atoms with Crippen molar-refractivity contribution in [3.8, 4) is 0 Å². The molecule has 3 aromatic rings. The summed E-state index contributed by atoms with van der Waals surface area (Å²) in [6.45, 7) is 2.46. The molecule has 3 heterocycles. The van der Waals surface area contributed by atoms with Crippen LogP contribution in [0.15, 0.2) is 30.5 Å². The number of aromatic nitrogens is 2. The van der Waals surface area contributed by atoms with Gasteiger partial charge in [-0.3, -0.25) is 14.6 Å². The third kappa shape index (κ3) is 3.98. The number of ether oxygens (including phenoxy) is 1. The summed E-state index contributed by atoms with van der Waals surface area (Å²) in [5.41, 5.74) is 0.755. The number of ketones is 1. The number of carbonyl (C=O) groups is 2. The van der Waals surface area contributed by atoms with E-state index in [2.05, 4.69) is 4.98 Å². The van der Waals surface area contributed by atoms with Gasteiger partial charge in [-0.25, -0.2) is 8.78 Å². The number of benzene rings is 1. The van der Waals surface area contributed by atoms with E-state index in [4.69, 9.17) is 27.9 Å². The van der Waals surface area contributed by atoms with Crippen LogP contribution in [0.4, 0.5) is 8.78 Å². The number of pyridine rings is 1. The third-order valence-corrected chi connectivity index (χ3v) is 6.19. The Balaban J connectivity index is 1.77. The first kappa shape index (κ1) is 22.6. The van der Waals surface area contributed by atoms with Crippen LogP contribution in [0.25, 0.3) is 11.0 Å². The maximum Gasteiger partial charge on any atom is 0.272 e. The van der Waals surface area contributed by atoms with Crippen LogP contribution in [-0.2, 0) is 17.7 Å². The molecule has 1 fully saturated rings. The summed E-state index contributed by atoms with van der Waals surface area (Å²) in [6, 6.07) is 5.71. The Kier molecular flexibility index (Phi) is 5.96. The molecule has 6 nitrogen and oxygen atoms in total. The van der Waals surface area contributed by atoms with Crippen molar-refractivity contribution in [3.05, 3.63) is 62.9 Å². The highest BCUT2D eigenvalue weighted by atomic mass is 35.5. The molecular weight excluding hydrogens is 463 g/mol. The molecule has 1 amide bonds. The first-order valence-electron chi connectivity index (χ1n) is 9.83. The van der Waals surface area contributed by atoms with Gasteiger partial charge < -0.3 is 14.2 Å². The molecule has 0 unspecified atom stereocenters. The van der Waals surface area contributed by atoms with E-state index >= 15 is 0 Å². The van der Waals surface area contributed by atoms with Gasteiger partial charge >= 0.3 is 0 Å². The van der Waals surface area contributed by atoms with Crippen LogP contribution in [-0.4, -0.2) is 52.4 Å². The lowest BCUT2D eigenvalue weighted by Crippen LogP contribution is -2.40. The Morgan fingerprint density at radius 1 is 1.16 bits per heavy atom. The van der Waals surface area contributed by atoms with Crippen molar-refractivity contribution >= 4 is 45.9 Å². The topological polar surface area (TPSA) is 64.4 Å². The van der Waals surface area contributed by atoms with Gasteiger partial charge in [-0.2, -0.15) is 0 Å². The Labute approximate surface area is 192 Å². The van der Waals surface area contributed by atoms with Crippen LogP contribution in [0.1, 0.15) is 38.9 Å². The monoisotopic (exact) mass is 481 g/mol. The number of nitrogens with zero attached hydrogens (tertiary/aromatic N) is 3. The fraction of sp³-hybridized carbons (Fsp3) is 0.318. The molecule has 0 N–H and O–H groups in total. The number of fused-ring (bicyclic) bond motifs is 1. The molecule has 168 valence electrons. The van der Waals surface area contributed by atoms with Crippen molar-refractivity contribution in [1.29, 1.82) is 0 Å².